The summed E-state index contributed by atoms with van der Waals surface area (Å²) < 4.78 is 27.1. The minimum absolute atomic E-state index is 0.107. The monoisotopic (exact) mass is 346 g/mol. The second-order valence-corrected chi connectivity index (χ2v) is 5.55. The summed E-state index contributed by atoms with van der Waals surface area (Å²) in [5.74, 6) is -0.917. The molecular weight excluding hydrogens is 338 g/mol. The number of aliphatic hydroxyl groups excluding tert-OH is 1. The second kappa shape index (κ2) is 5.57. The van der Waals surface area contributed by atoms with Crippen molar-refractivity contribution in [1.29, 1.82) is 0 Å². The van der Waals surface area contributed by atoms with Crippen molar-refractivity contribution in [2.75, 3.05) is 0 Å². The predicted octanol–water partition coefficient (Wildman–Crippen LogP) is 4.77. The highest BCUT2D eigenvalue weighted by atomic mass is 79.9. The highest BCUT2D eigenvalue weighted by Gasteiger charge is 2.17. The SMILES string of the molecule is Cc1cc(C(O)c2cc(F)cc(Br)c2)c(Cl)cc1F. The quantitative estimate of drug-likeness (QED) is 0.829. The van der Waals surface area contributed by atoms with E-state index in [1.165, 1.54) is 18.2 Å². The van der Waals surface area contributed by atoms with E-state index in [0.29, 0.717) is 21.2 Å². The first-order valence-corrected chi connectivity index (χ1v) is 6.65. The van der Waals surface area contributed by atoms with Gasteiger partial charge in [0.15, 0.2) is 0 Å². The van der Waals surface area contributed by atoms with Crippen molar-refractivity contribution in [2.24, 2.45) is 0 Å². The Labute approximate surface area is 123 Å². The van der Waals surface area contributed by atoms with E-state index in [4.69, 9.17) is 11.6 Å². The minimum Gasteiger partial charge on any atom is -0.384 e. The molecule has 0 aliphatic carbocycles. The van der Waals surface area contributed by atoms with Crippen LogP contribution in [0.3, 0.4) is 0 Å². The average Bonchev–Trinajstić information content (AvgIpc) is 2.31. The molecule has 1 N–H and O–H groups in total. The van der Waals surface area contributed by atoms with Gasteiger partial charge in [-0.1, -0.05) is 27.5 Å². The zero-order chi connectivity index (χ0) is 14.2. The van der Waals surface area contributed by atoms with Crippen molar-refractivity contribution in [2.45, 2.75) is 13.0 Å². The van der Waals surface area contributed by atoms with E-state index in [-0.39, 0.29) is 5.02 Å². The molecule has 1 nitrogen and oxygen atoms in total. The molecule has 0 saturated carbocycles. The third-order valence-electron chi connectivity index (χ3n) is 2.77. The highest BCUT2D eigenvalue weighted by Crippen LogP contribution is 2.31. The Bertz CT molecular complexity index is 611. The van der Waals surface area contributed by atoms with Gasteiger partial charge in [0.2, 0.25) is 0 Å². The highest BCUT2D eigenvalue weighted by molar-refractivity contribution is 9.10. The first-order chi connectivity index (χ1) is 8.88. The molecule has 5 heteroatoms. The van der Waals surface area contributed by atoms with Gasteiger partial charge >= 0.3 is 0 Å². The molecule has 100 valence electrons. The first kappa shape index (κ1) is 14.4. The number of rotatable bonds is 2. The molecule has 0 amide bonds. The zero-order valence-electron chi connectivity index (χ0n) is 9.92. The zero-order valence-corrected chi connectivity index (χ0v) is 12.3. The number of aliphatic hydroxyl groups is 1. The van der Waals surface area contributed by atoms with Gasteiger partial charge in [0, 0.05) is 15.1 Å². The lowest BCUT2D eigenvalue weighted by Gasteiger charge is -2.15. The van der Waals surface area contributed by atoms with Gasteiger partial charge in [0.1, 0.15) is 17.7 Å². The van der Waals surface area contributed by atoms with E-state index >= 15 is 0 Å². The summed E-state index contributed by atoms with van der Waals surface area (Å²) in [6.45, 7) is 1.57. The molecule has 0 spiro atoms. The Balaban J connectivity index is 2.49. The van der Waals surface area contributed by atoms with Gasteiger partial charge in [0.25, 0.3) is 0 Å². The van der Waals surface area contributed by atoms with Crippen LogP contribution in [0.15, 0.2) is 34.8 Å². The Morgan fingerprint density at radius 3 is 2.47 bits per heavy atom. The molecule has 0 radical (unpaired) electrons. The summed E-state index contributed by atoms with van der Waals surface area (Å²) >= 11 is 9.07. The maximum absolute atomic E-state index is 13.3. The lowest BCUT2D eigenvalue weighted by molar-refractivity contribution is 0.219. The Morgan fingerprint density at radius 2 is 1.84 bits per heavy atom. The molecule has 0 aliphatic heterocycles. The van der Waals surface area contributed by atoms with Crippen LogP contribution in [-0.4, -0.2) is 5.11 Å². The van der Waals surface area contributed by atoms with Crippen LogP contribution in [0.4, 0.5) is 8.78 Å². The topological polar surface area (TPSA) is 20.2 Å². The van der Waals surface area contributed by atoms with Crippen LogP contribution in [0.5, 0.6) is 0 Å². The van der Waals surface area contributed by atoms with Crippen molar-refractivity contribution >= 4 is 27.5 Å². The molecule has 2 aromatic rings. The number of halogens is 4. The van der Waals surface area contributed by atoms with Crippen LogP contribution in [-0.2, 0) is 0 Å². The summed E-state index contributed by atoms with van der Waals surface area (Å²) in [7, 11) is 0. The molecule has 2 aromatic carbocycles. The summed E-state index contributed by atoms with van der Waals surface area (Å²) in [5.41, 5.74) is 1.06. The average molecular weight is 348 g/mol. The molecule has 0 aromatic heterocycles. The van der Waals surface area contributed by atoms with E-state index in [0.717, 1.165) is 6.07 Å². The van der Waals surface area contributed by atoms with Gasteiger partial charge in [-0.25, -0.2) is 8.78 Å². The van der Waals surface area contributed by atoms with Gasteiger partial charge < -0.3 is 5.11 Å². The Morgan fingerprint density at radius 1 is 1.16 bits per heavy atom. The minimum atomic E-state index is -1.11. The summed E-state index contributed by atoms with van der Waals surface area (Å²) in [4.78, 5) is 0. The predicted molar refractivity (Wildman–Crippen MR) is 74.3 cm³/mol. The molecule has 0 aliphatic rings. The second-order valence-electron chi connectivity index (χ2n) is 4.23. The number of hydrogen-bond donors (Lipinski definition) is 1. The Hall–Kier alpha value is -0.970. The van der Waals surface area contributed by atoms with E-state index in [9.17, 15) is 13.9 Å². The molecule has 0 saturated heterocycles. The van der Waals surface area contributed by atoms with E-state index in [1.54, 1.807) is 13.0 Å². The fraction of sp³-hybridized carbons (Fsp3) is 0.143. The molecule has 2 rings (SSSR count). The van der Waals surface area contributed by atoms with Gasteiger partial charge in [0.05, 0.1) is 0 Å². The number of benzene rings is 2. The lowest BCUT2D eigenvalue weighted by atomic mass is 9.99. The van der Waals surface area contributed by atoms with Crippen molar-refractivity contribution in [3.8, 4) is 0 Å². The molecule has 0 bridgehead atoms. The van der Waals surface area contributed by atoms with Crippen LogP contribution in [0, 0.1) is 18.6 Å². The molecule has 1 unspecified atom stereocenters. The smallest absolute Gasteiger partial charge is 0.127 e. The van der Waals surface area contributed by atoms with Gasteiger partial charge in [-0.2, -0.15) is 0 Å². The normalized spacial score (nSPS) is 12.5. The van der Waals surface area contributed by atoms with Crippen LogP contribution < -0.4 is 0 Å². The van der Waals surface area contributed by atoms with Gasteiger partial charge in [-0.05, 0) is 48.4 Å². The van der Waals surface area contributed by atoms with Gasteiger partial charge in [-0.15, -0.1) is 0 Å². The van der Waals surface area contributed by atoms with E-state index < -0.39 is 17.7 Å². The molecular formula is C14H10BrClF2O. The number of aryl methyl sites for hydroxylation is 1. The standard InChI is InChI=1S/C14H10BrClF2O/c1-7-2-11(12(16)6-13(7)18)14(19)8-3-9(15)5-10(17)4-8/h2-6,14,19H,1H3. The molecule has 0 heterocycles. The van der Waals surface area contributed by atoms with Gasteiger partial charge in [-0.3, -0.25) is 0 Å². The fourth-order valence-electron chi connectivity index (χ4n) is 1.80. The molecule has 19 heavy (non-hydrogen) atoms. The van der Waals surface area contributed by atoms with E-state index in [1.807, 2.05) is 0 Å². The first-order valence-electron chi connectivity index (χ1n) is 5.48. The summed E-state index contributed by atoms with van der Waals surface area (Å²) in [6.07, 6.45) is -1.11. The third-order valence-corrected chi connectivity index (χ3v) is 3.56. The van der Waals surface area contributed by atoms with Crippen molar-refractivity contribution in [3.05, 3.63) is 68.2 Å². The maximum Gasteiger partial charge on any atom is 0.127 e. The van der Waals surface area contributed by atoms with E-state index in [2.05, 4.69) is 15.9 Å². The lowest BCUT2D eigenvalue weighted by Crippen LogP contribution is -2.03. The molecule has 1 atom stereocenters. The molecule has 0 fully saturated rings. The Kier molecular flexibility index (Phi) is 4.23. The summed E-state index contributed by atoms with van der Waals surface area (Å²) in [6, 6.07) is 6.69. The van der Waals surface area contributed by atoms with Crippen LogP contribution in [0.1, 0.15) is 22.8 Å². The van der Waals surface area contributed by atoms with Crippen LogP contribution in [0.25, 0.3) is 0 Å². The van der Waals surface area contributed by atoms with Crippen LogP contribution >= 0.6 is 27.5 Å². The number of hydrogen-bond acceptors (Lipinski definition) is 1. The van der Waals surface area contributed by atoms with Crippen molar-refractivity contribution in [1.82, 2.24) is 0 Å². The maximum atomic E-state index is 13.3. The third kappa shape index (κ3) is 3.14. The largest absolute Gasteiger partial charge is 0.384 e. The van der Waals surface area contributed by atoms with Crippen LogP contribution in [0.2, 0.25) is 5.02 Å². The fourth-order valence-corrected chi connectivity index (χ4v) is 2.54. The van der Waals surface area contributed by atoms with Crippen molar-refractivity contribution < 1.29 is 13.9 Å². The summed E-state index contributed by atoms with van der Waals surface area (Å²) in [5, 5.41) is 10.3. The van der Waals surface area contributed by atoms with Crippen molar-refractivity contribution in [3.63, 3.8) is 0 Å².